The largest absolute Gasteiger partial charge is 0.369 e. The summed E-state index contributed by atoms with van der Waals surface area (Å²) in [6, 6.07) is 10.5. The van der Waals surface area contributed by atoms with E-state index in [1.54, 1.807) is 0 Å². The van der Waals surface area contributed by atoms with E-state index in [0.29, 0.717) is 19.4 Å². The molecule has 20 heavy (non-hydrogen) atoms. The van der Waals surface area contributed by atoms with Gasteiger partial charge in [-0.15, -0.1) is 0 Å². The van der Waals surface area contributed by atoms with Crippen LogP contribution in [-0.2, 0) is 0 Å². The summed E-state index contributed by atoms with van der Waals surface area (Å²) in [6.45, 7) is 6.18. The average Bonchev–Trinajstić information content (AvgIpc) is 2.49. The Morgan fingerprint density at radius 3 is 2.30 bits per heavy atom. The van der Waals surface area contributed by atoms with Crippen molar-refractivity contribution in [3.05, 3.63) is 30.3 Å². The second kappa shape index (κ2) is 6.10. The molecule has 0 aromatic heterocycles. The first kappa shape index (κ1) is 13.8. The Bertz CT molecular complexity index is 409. The molecule has 3 nitrogen and oxygen atoms in total. The van der Waals surface area contributed by atoms with Gasteiger partial charge in [0.15, 0.2) is 0 Å². The van der Waals surface area contributed by atoms with Crippen LogP contribution in [0.2, 0.25) is 0 Å². The maximum absolute atomic E-state index is 14.7. The number of hydrogen-bond donors (Lipinski definition) is 1. The van der Waals surface area contributed by atoms with Gasteiger partial charge in [0.05, 0.1) is 0 Å². The molecule has 4 heteroatoms. The Hall–Kier alpha value is -1.13. The van der Waals surface area contributed by atoms with Crippen molar-refractivity contribution in [3.63, 3.8) is 0 Å². The van der Waals surface area contributed by atoms with Crippen LogP contribution in [0.4, 0.5) is 10.1 Å². The zero-order valence-electron chi connectivity index (χ0n) is 12.0. The lowest BCUT2D eigenvalue weighted by Gasteiger charge is -2.40. The van der Waals surface area contributed by atoms with E-state index in [9.17, 15) is 4.39 Å². The maximum Gasteiger partial charge on any atom is 0.126 e. The number of benzene rings is 1. The number of rotatable bonds is 3. The standard InChI is InChI=1S/C16H24FN3/c17-16(6-8-18-9-7-16)14-19-10-12-20(13-11-19)15-4-2-1-3-5-15/h1-5,18H,6-14H2. The fourth-order valence-corrected chi connectivity index (χ4v) is 3.24. The number of para-hydroxylation sites is 1. The first-order chi connectivity index (χ1) is 9.75. The third kappa shape index (κ3) is 3.30. The Balaban J connectivity index is 1.51. The highest BCUT2D eigenvalue weighted by Crippen LogP contribution is 2.25. The fourth-order valence-electron chi connectivity index (χ4n) is 3.24. The summed E-state index contributed by atoms with van der Waals surface area (Å²) in [4.78, 5) is 4.69. The van der Waals surface area contributed by atoms with E-state index < -0.39 is 5.67 Å². The molecule has 0 saturated carbocycles. The van der Waals surface area contributed by atoms with Gasteiger partial charge in [0.1, 0.15) is 5.67 Å². The molecule has 2 saturated heterocycles. The molecule has 1 aromatic rings. The smallest absolute Gasteiger partial charge is 0.126 e. The highest BCUT2D eigenvalue weighted by atomic mass is 19.1. The van der Waals surface area contributed by atoms with Crippen LogP contribution in [-0.4, -0.2) is 56.4 Å². The molecule has 0 atom stereocenters. The summed E-state index contributed by atoms with van der Waals surface area (Å²) >= 11 is 0. The van der Waals surface area contributed by atoms with Crippen LogP contribution in [0.25, 0.3) is 0 Å². The van der Waals surface area contributed by atoms with Crippen molar-refractivity contribution in [2.24, 2.45) is 0 Å². The summed E-state index contributed by atoms with van der Waals surface area (Å²) < 4.78 is 14.7. The number of alkyl halides is 1. The molecule has 2 aliphatic rings. The first-order valence-electron chi connectivity index (χ1n) is 7.67. The third-order valence-corrected chi connectivity index (χ3v) is 4.50. The molecule has 1 aromatic carbocycles. The third-order valence-electron chi connectivity index (χ3n) is 4.50. The van der Waals surface area contributed by atoms with Crippen molar-refractivity contribution in [1.29, 1.82) is 0 Å². The van der Waals surface area contributed by atoms with Gasteiger partial charge in [-0.1, -0.05) is 18.2 Å². The van der Waals surface area contributed by atoms with Gasteiger partial charge in [-0.25, -0.2) is 4.39 Å². The summed E-state index contributed by atoms with van der Waals surface area (Å²) in [5, 5.41) is 3.24. The minimum Gasteiger partial charge on any atom is -0.369 e. The lowest BCUT2D eigenvalue weighted by molar-refractivity contribution is 0.0591. The van der Waals surface area contributed by atoms with Gasteiger partial charge in [-0.05, 0) is 38.1 Å². The zero-order chi connectivity index (χ0) is 13.8. The lowest BCUT2D eigenvalue weighted by Crippen LogP contribution is -2.53. The summed E-state index contributed by atoms with van der Waals surface area (Å²) in [5.41, 5.74) is 0.309. The zero-order valence-corrected chi connectivity index (χ0v) is 12.0. The topological polar surface area (TPSA) is 18.5 Å². The molecular formula is C16H24FN3. The minimum atomic E-state index is -0.972. The highest BCUT2D eigenvalue weighted by Gasteiger charge is 2.34. The van der Waals surface area contributed by atoms with Gasteiger partial charge in [0.2, 0.25) is 0 Å². The van der Waals surface area contributed by atoms with E-state index >= 15 is 0 Å². The fraction of sp³-hybridized carbons (Fsp3) is 0.625. The van der Waals surface area contributed by atoms with E-state index in [2.05, 4.69) is 39.4 Å². The number of piperidine rings is 1. The van der Waals surface area contributed by atoms with Crippen molar-refractivity contribution >= 4 is 5.69 Å². The predicted octanol–water partition coefficient (Wildman–Crippen LogP) is 1.90. The second-order valence-corrected chi connectivity index (χ2v) is 6.00. The molecule has 0 unspecified atom stereocenters. The molecule has 2 aliphatic heterocycles. The number of nitrogens with zero attached hydrogens (tertiary/aromatic N) is 2. The highest BCUT2D eigenvalue weighted by molar-refractivity contribution is 5.46. The molecule has 2 heterocycles. The number of hydrogen-bond acceptors (Lipinski definition) is 3. The van der Waals surface area contributed by atoms with Gasteiger partial charge >= 0.3 is 0 Å². The molecule has 110 valence electrons. The lowest BCUT2D eigenvalue weighted by atomic mass is 9.93. The first-order valence-corrected chi connectivity index (χ1v) is 7.67. The molecule has 3 rings (SSSR count). The van der Waals surface area contributed by atoms with Crippen molar-refractivity contribution in [1.82, 2.24) is 10.2 Å². The van der Waals surface area contributed by atoms with E-state index in [-0.39, 0.29) is 0 Å². The molecule has 0 radical (unpaired) electrons. The second-order valence-electron chi connectivity index (χ2n) is 6.00. The van der Waals surface area contributed by atoms with Gasteiger partial charge in [-0.2, -0.15) is 0 Å². The van der Waals surface area contributed by atoms with E-state index in [4.69, 9.17) is 0 Å². The number of anilines is 1. The number of nitrogens with one attached hydrogen (secondary N) is 1. The molecule has 1 N–H and O–H groups in total. The van der Waals surface area contributed by atoms with Crippen molar-refractivity contribution < 1.29 is 4.39 Å². The average molecular weight is 277 g/mol. The Morgan fingerprint density at radius 1 is 1.00 bits per heavy atom. The Kier molecular flexibility index (Phi) is 4.22. The number of piperazine rings is 1. The molecule has 0 bridgehead atoms. The van der Waals surface area contributed by atoms with Crippen molar-refractivity contribution in [2.45, 2.75) is 18.5 Å². The van der Waals surface area contributed by atoms with Crippen LogP contribution in [0.1, 0.15) is 12.8 Å². The normalized spacial score (nSPS) is 23.8. The Labute approximate surface area is 120 Å². The van der Waals surface area contributed by atoms with Crippen LogP contribution < -0.4 is 10.2 Å². The van der Waals surface area contributed by atoms with E-state index in [1.165, 1.54) is 5.69 Å². The predicted molar refractivity (Wildman–Crippen MR) is 81.0 cm³/mol. The number of halogens is 1. The van der Waals surface area contributed by atoms with Crippen LogP contribution in [0, 0.1) is 0 Å². The molecular weight excluding hydrogens is 253 g/mol. The van der Waals surface area contributed by atoms with Gasteiger partial charge in [-0.3, -0.25) is 4.90 Å². The molecule has 0 aliphatic carbocycles. The summed E-state index contributed by atoms with van der Waals surface area (Å²) in [6.07, 6.45) is 1.32. The quantitative estimate of drug-likeness (QED) is 0.910. The van der Waals surface area contributed by atoms with Gasteiger partial charge < -0.3 is 10.2 Å². The van der Waals surface area contributed by atoms with Gasteiger partial charge in [0, 0.05) is 38.4 Å². The maximum atomic E-state index is 14.7. The van der Waals surface area contributed by atoms with Crippen molar-refractivity contribution in [3.8, 4) is 0 Å². The SMILES string of the molecule is FC1(CN2CCN(c3ccccc3)CC2)CCNCC1. The van der Waals surface area contributed by atoms with Crippen molar-refractivity contribution in [2.75, 3.05) is 50.7 Å². The summed E-state index contributed by atoms with van der Waals surface area (Å²) in [5.74, 6) is 0. The van der Waals surface area contributed by atoms with Crippen LogP contribution in [0.5, 0.6) is 0 Å². The molecule has 2 fully saturated rings. The van der Waals surface area contributed by atoms with Gasteiger partial charge in [0.25, 0.3) is 0 Å². The van der Waals surface area contributed by atoms with Crippen LogP contribution >= 0.6 is 0 Å². The van der Waals surface area contributed by atoms with Crippen LogP contribution in [0.15, 0.2) is 30.3 Å². The monoisotopic (exact) mass is 277 g/mol. The molecule has 0 spiro atoms. The minimum absolute atomic E-state index is 0.608. The van der Waals surface area contributed by atoms with E-state index in [0.717, 1.165) is 39.3 Å². The molecule has 0 amide bonds. The van der Waals surface area contributed by atoms with Crippen LogP contribution in [0.3, 0.4) is 0 Å². The Morgan fingerprint density at radius 2 is 1.65 bits per heavy atom. The summed E-state index contributed by atoms with van der Waals surface area (Å²) in [7, 11) is 0. The van der Waals surface area contributed by atoms with E-state index in [1.807, 2.05) is 6.07 Å².